The average molecular weight is 477 g/mol. The van der Waals surface area contributed by atoms with Crippen molar-refractivity contribution >= 4 is 52.2 Å². The van der Waals surface area contributed by atoms with Crippen LogP contribution in [0.5, 0.6) is 0 Å². The van der Waals surface area contributed by atoms with Crippen molar-refractivity contribution in [3.63, 3.8) is 0 Å². The first-order valence-corrected chi connectivity index (χ1v) is 12.0. The highest BCUT2D eigenvalue weighted by molar-refractivity contribution is 7.15. The van der Waals surface area contributed by atoms with Gasteiger partial charge in [0.1, 0.15) is 10.7 Å². The minimum absolute atomic E-state index is 0.144. The molecule has 3 amide bonds. The molecule has 0 saturated carbocycles. The van der Waals surface area contributed by atoms with Gasteiger partial charge >= 0.3 is 0 Å². The molecular formula is C23H29ClN4O3S. The molecule has 3 rings (SSSR count). The smallest absolute Gasteiger partial charge is 0.269 e. The number of thiophene rings is 1. The molecular weight excluding hydrogens is 448 g/mol. The Morgan fingerprint density at radius 2 is 2.00 bits per heavy atom. The lowest BCUT2D eigenvalue weighted by Gasteiger charge is -2.15. The van der Waals surface area contributed by atoms with Crippen molar-refractivity contribution in [1.82, 2.24) is 9.88 Å². The van der Waals surface area contributed by atoms with Gasteiger partial charge in [0, 0.05) is 37.0 Å². The zero-order chi connectivity index (χ0) is 23.3. The van der Waals surface area contributed by atoms with Crippen molar-refractivity contribution in [2.24, 2.45) is 0 Å². The van der Waals surface area contributed by atoms with Crippen LogP contribution in [-0.4, -0.2) is 40.7 Å². The van der Waals surface area contributed by atoms with E-state index in [1.54, 1.807) is 12.1 Å². The molecule has 2 aromatic heterocycles. The normalized spacial score (nSPS) is 14.0. The van der Waals surface area contributed by atoms with E-state index in [0.717, 1.165) is 24.3 Å². The van der Waals surface area contributed by atoms with Crippen molar-refractivity contribution in [1.29, 1.82) is 0 Å². The number of nitrogens with one attached hydrogen (secondary N) is 2. The molecule has 3 heterocycles. The molecule has 0 atom stereocenters. The Labute approximate surface area is 197 Å². The van der Waals surface area contributed by atoms with Crippen LogP contribution in [0, 0.1) is 0 Å². The summed E-state index contributed by atoms with van der Waals surface area (Å²) in [6.45, 7) is 7.70. The molecule has 0 unspecified atom stereocenters. The lowest BCUT2D eigenvalue weighted by Crippen LogP contribution is -2.25. The number of carbonyl (C=O) groups is 3. The summed E-state index contributed by atoms with van der Waals surface area (Å²) >= 11 is 7.22. The van der Waals surface area contributed by atoms with Crippen LogP contribution in [0.15, 0.2) is 24.4 Å². The first-order valence-electron chi connectivity index (χ1n) is 10.8. The van der Waals surface area contributed by atoms with E-state index in [1.165, 1.54) is 17.5 Å². The van der Waals surface area contributed by atoms with Crippen LogP contribution >= 0.6 is 22.9 Å². The van der Waals surface area contributed by atoms with E-state index in [4.69, 9.17) is 11.6 Å². The van der Waals surface area contributed by atoms with Crippen molar-refractivity contribution in [2.75, 3.05) is 23.7 Å². The topological polar surface area (TPSA) is 91.4 Å². The molecule has 2 N–H and O–H groups in total. The van der Waals surface area contributed by atoms with Gasteiger partial charge in [0.2, 0.25) is 11.8 Å². The fourth-order valence-corrected chi connectivity index (χ4v) is 4.56. The van der Waals surface area contributed by atoms with E-state index < -0.39 is 0 Å². The van der Waals surface area contributed by atoms with Crippen molar-refractivity contribution in [3.8, 4) is 0 Å². The van der Waals surface area contributed by atoms with Gasteiger partial charge in [-0.25, -0.2) is 4.98 Å². The van der Waals surface area contributed by atoms with Gasteiger partial charge in [0.25, 0.3) is 5.91 Å². The number of rotatable bonds is 8. The number of hydrogen-bond donors (Lipinski definition) is 2. The molecule has 1 aliphatic heterocycles. The Hall–Kier alpha value is -2.45. The van der Waals surface area contributed by atoms with Crippen LogP contribution in [0.4, 0.5) is 11.5 Å². The standard InChI is InChI=1S/C23H29ClN4O3S/c1-23(2,3)17-13-16(21(32-17)22(31)27-18-10-9-15(24)14-25-18)26-19(29)7-4-5-11-28-12-6-8-20(28)30/h9-10,13-14H,4-8,11-12H2,1-3H3,(H,26,29)(H,25,27,31). The lowest BCUT2D eigenvalue weighted by molar-refractivity contribution is -0.127. The largest absolute Gasteiger partial charge is 0.343 e. The summed E-state index contributed by atoms with van der Waals surface area (Å²) in [4.78, 5) is 44.5. The van der Waals surface area contributed by atoms with Gasteiger partial charge in [-0.2, -0.15) is 0 Å². The zero-order valence-corrected chi connectivity index (χ0v) is 20.2. The summed E-state index contributed by atoms with van der Waals surface area (Å²) in [5, 5.41) is 6.15. The Kier molecular flexibility index (Phi) is 7.90. The summed E-state index contributed by atoms with van der Waals surface area (Å²) < 4.78 is 0. The summed E-state index contributed by atoms with van der Waals surface area (Å²) in [6, 6.07) is 5.15. The third kappa shape index (κ3) is 6.53. The number of halogens is 1. The predicted octanol–water partition coefficient (Wildman–Crippen LogP) is 5.08. The van der Waals surface area contributed by atoms with Crippen LogP contribution in [0.25, 0.3) is 0 Å². The molecule has 9 heteroatoms. The van der Waals surface area contributed by atoms with E-state index in [0.29, 0.717) is 47.2 Å². The lowest BCUT2D eigenvalue weighted by atomic mass is 9.94. The summed E-state index contributed by atoms with van der Waals surface area (Å²) in [5.41, 5.74) is 0.342. The number of unbranched alkanes of at least 4 members (excludes halogenated alkanes) is 1. The molecule has 1 aliphatic rings. The summed E-state index contributed by atoms with van der Waals surface area (Å²) in [6.07, 6.45) is 4.82. The third-order valence-electron chi connectivity index (χ3n) is 5.17. The molecule has 172 valence electrons. The second kappa shape index (κ2) is 10.4. The number of pyridine rings is 1. The highest BCUT2D eigenvalue weighted by Gasteiger charge is 2.24. The van der Waals surface area contributed by atoms with Crippen molar-refractivity contribution in [2.45, 2.75) is 58.3 Å². The van der Waals surface area contributed by atoms with Gasteiger partial charge in [-0.3, -0.25) is 14.4 Å². The maximum absolute atomic E-state index is 12.9. The molecule has 0 aromatic carbocycles. The van der Waals surface area contributed by atoms with Crippen LogP contribution in [-0.2, 0) is 15.0 Å². The average Bonchev–Trinajstić information content (AvgIpc) is 3.33. The fraction of sp³-hybridized carbons (Fsp3) is 0.478. The molecule has 1 saturated heterocycles. The molecule has 0 aliphatic carbocycles. The summed E-state index contributed by atoms with van der Waals surface area (Å²) in [7, 11) is 0. The molecule has 0 bridgehead atoms. The maximum atomic E-state index is 12.9. The highest BCUT2D eigenvalue weighted by atomic mass is 35.5. The number of hydrogen-bond acceptors (Lipinski definition) is 5. The quantitative estimate of drug-likeness (QED) is 0.520. The van der Waals surface area contributed by atoms with Gasteiger partial charge in [-0.05, 0) is 42.9 Å². The highest BCUT2D eigenvalue weighted by Crippen LogP contribution is 2.36. The minimum atomic E-state index is -0.330. The van der Waals surface area contributed by atoms with E-state index in [1.807, 2.05) is 11.0 Å². The second-order valence-electron chi connectivity index (χ2n) is 8.91. The third-order valence-corrected chi connectivity index (χ3v) is 6.96. The van der Waals surface area contributed by atoms with E-state index in [2.05, 4.69) is 36.4 Å². The Bertz CT molecular complexity index is 982. The number of anilines is 2. The summed E-state index contributed by atoms with van der Waals surface area (Å²) in [5.74, 6) is 0.116. The van der Waals surface area contributed by atoms with Gasteiger partial charge in [-0.1, -0.05) is 32.4 Å². The molecule has 32 heavy (non-hydrogen) atoms. The number of aromatic nitrogens is 1. The molecule has 1 fully saturated rings. The van der Waals surface area contributed by atoms with E-state index >= 15 is 0 Å². The molecule has 7 nitrogen and oxygen atoms in total. The maximum Gasteiger partial charge on any atom is 0.269 e. The minimum Gasteiger partial charge on any atom is -0.343 e. The fourth-order valence-electron chi connectivity index (χ4n) is 3.39. The van der Waals surface area contributed by atoms with Gasteiger partial charge in [-0.15, -0.1) is 11.3 Å². The van der Waals surface area contributed by atoms with Crippen LogP contribution < -0.4 is 10.6 Å². The number of amides is 3. The SMILES string of the molecule is CC(C)(C)c1cc(NC(=O)CCCCN2CCCC2=O)c(C(=O)Nc2ccc(Cl)cn2)s1. The Morgan fingerprint density at radius 3 is 2.62 bits per heavy atom. The van der Waals surface area contributed by atoms with E-state index in [-0.39, 0.29) is 23.1 Å². The molecule has 2 aromatic rings. The molecule has 0 spiro atoms. The number of nitrogens with zero attached hydrogens (tertiary/aromatic N) is 2. The monoisotopic (exact) mass is 476 g/mol. The van der Waals surface area contributed by atoms with Crippen molar-refractivity contribution in [3.05, 3.63) is 39.2 Å². The van der Waals surface area contributed by atoms with Gasteiger partial charge in [0.05, 0.1) is 10.7 Å². The number of carbonyl (C=O) groups excluding carboxylic acids is 3. The Balaban J connectivity index is 1.62. The zero-order valence-electron chi connectivity index (χ0n) is 18.7. The van der Waals surface area contributed by atoms with Crippen molar-refractivity contribution < 1.29 is 14.4 Å². The first-order chi connectivity index (χ1) is 15.1. The van der Waals surface area contributed by atoms with E-state index in [9.17, 15) is 14.4 Å². The predicted molar refractivity (Wildman–Crippen MR) is 129 cm³/mol. The second-order valence-corrected chi connectivity index (χ2v) is 10.4. The van der Waals surface area contributed by atoms with Crippen LogP contribution in [0.2, 0.25) is 5.02 Å². The number of likely N-dealkylation sites (tertiary alicyclic amines) is 1. The van der Waals surface area contributed by atoms with Crippen LogP contribution in [0.1, 0.15) is 67.4 Å². The molecule has 0 radical (unpaired) electrons. The first kappa shape index (κ1) is 24.2. The van der Waals surface area contributed by atoms with Gasteiger partial charge in [0.15, 0.2) is 0 Å². The van der Waals surface area contributed by atoms with Gasteiger partial charge < -0.3 is 15.5 Å². The Morgan fingerprint density at radius 1 is 1.22 bits per heavy atom. The van der Waals surface area contributed by atoms with Crippen LogP contribution in [0.3, 0.4) is 0 Å².